The standard InChI is InChI=1S/C26H43NO4.Na/c1-16(4-9-23(29)27-15-24(30)31)20-7-8-21-19-6-5-17-14-18(28)10-12-25(17,2)22(19)11-13-26(20,21)3;/h16-22,28H,4-15H2,1-3H3,(H,27,29)(H,30,31);/t16-,17-,18-,19+,20-,21+,22+,25+,26-;/m1./s1. The Hall–Kier alpha value is -0.100. The number of carboxylic acid groups (broad SMARTS) is 1. The molecule has 9 atom stereocenters. The van der Waals surface area contributed by atoms with E-state index in [1.54, 1.807) is 0 Å². The SMILES string of the molecule is C[C@H](CCC(=O)NCC(=O)O)[C@H]1CC[C@H]2[C@@H]3CC[C@@H]4C[C@H](O)CC[C@]4(C)[C@H]3CC[C@]12C.[Na]. The smallest absolute Gasteiger partial charge is 0.322 e. The molecule has 0 saturated heterocycles. The average molecular weight is 457 g/mol. The minimum atomic E-state index is -0.986. The number of aliphatic hydroxyl groups excluding tert-OH is 1. The number of nitrogens with one attached hydrogen (secondary N) is 1. The van der Waals surface area contributed by atoms with Gasteiger partial charge in [-0.05, 0) is 111 Å². The zero-order chi connectivity index (χ0) is 22.4. The molecule has 1 radical (unpaired) electrons. The molecule has 4 fully saturated rings. The normalized spacial score (nSPS) is 43.8. The van der Waals surface area contributed by atoms with Crippen LogP contribution in [-0.4, -0.2) is 64.3 Å². The second kappa shape index (κ2) is 10.3. The van der Waals surface area contributed by atoms with Gasteiger partial charge in [-0.2, -0.15) is 0 Å². The maximum Gasteiger partial charge on any atom is 0.322 e. The van der Waals surface area contributed by atoms with E-state index in [1.807, 2.05) is 0 Å². The van der Waals surface area contributed by atoms with Crippen LogP contribution in [0.3, 0.4) is 0 Å². The fourth-order valence-corrected chi connectivity index (χ4v) is 9.03. The number of rotatable bonds is 6. The van der Waals surface area contributed by atoms with E-state index in [4.69, 9.17) is 5.11 Å². The van der Waals surface area contributed by atoms with Crippen LogP contribution in [0.5, 0.6) is 0 Å². The van der Waals surface area contributed by atoms with Gasteiger partial charge < -0.3 is 15.5 Å². The van der Waals surface area contributed by atoms with E-state index in [2.05, 4.69) is 26.1 Å². The van der Waals surface area contributed by atoms with Crippen LogP contribution < -0.4 is 5.32 Å². The number of aliphatic carboxylic acids is 1. The van der Waals surface area contributed by atoms with Crippen LogP contribution in [-0.2, 0) is 9.59 Å². The molecule has 177 valence electrons. The van der Waals surface area contributed by atoms with Gasteiger partial charge in [-0.25, -0.2) is 0 Å². The number of fused-ring (bicyclic) bond motifs is 5. The van der Waals surface area contributed by atoms with Crippen LogP contribution in [0.4, 0.5) is 0 Å². The van der Waals surface area contributed by atoms with Gasteiger partial charge in [0.2, 0.25) is 5.91 Å². The molecule has 4 rings (SSSR count). The summed E-state index contributed by atoms with van der Waals surface area (Å²) < 4.78 is 0. The molecule has 3 N–H and O–H groups in total. The van der Waals surface area contributed by atoms with Crippen molar-refractivity contribution >= 4 is 41.4 Å². The van der Waals surface area contributed by atoms with Crippen molar-refractivity contribution in [2.75, 3.05) is 6.54 Å². The quantitative estimate of drug-likeness (QED) is 0.522. The van der Waals surface area contributed by atoms with E-state index in [-0.39, 0.29) is 48.1 Å². The number of amides is 1. The first kappa shape index (κ1) is 26.5. The van der Waals surface area contributed by atoms with E-state index in [0.717, 1.165) is 37.0 Å². The average Bonchev–Trinajstić information content (AvgIpc) is 3.08. The molecule has 0 aromatic rings. The first-order chi connectivity index (χ1) is 14.6. The molecule has 0 heterocycles. The van der Waals surface area contributed by atoms with Crippen molar-refractivity contribution in [1.29, 1.82) is 0 Å². The Labute approximate surface area is 216 Å². The summed E-state index contributed by atoms with van der Waals surface area (Å²) in [5.74, 6) is 3.23. The Morgan fingerprint density at radius 3 is 2.41 bits per heavy atom. The van der Waals surface area contributed by atoms with E-state index in [1.165, 1.54) is 44.9 Å². The van der Waals surface area contributed by atoms with Gasteiger partial charge in [0.15, 0.2) is 0 Å². The molecular formula is C26H43NNaO4. The van der Waals surface area contributed by atoms with Gasteiger partial charge in [0.25, 0.3) is 0 Å². The molecule has 0 unspecified atom stereocenters. The monoisotopic (exact) mass is 456 g/mol. The van der Waals surface area contributed by atoms with Gasteiger partial charge in [-0.3, -0.25) is 9.59 Å². The summed E-state index contributed by atoms with van der Waals surface area (Å²) in [6.45, 7) is 7.13. The largest absolute Gasteiger partial charge is 0.480 e. The van der Waals surface area contributed by atoms with Gasteiger partial charge in [0, 0.05) is 36.0 Å². The van der Waals surface area contributed by atoms with Crippen molar-refractivity contribution in [2.45, 2.75) is 97.5 Å². The topological polar surface area (TPSA) is 86.6 Å². The molecule has 4 aliphatic rings. The van der Waals surface area contributed by atoms with Gasteiger partial charge >= 0.3 is 5.97 Å². The molecule has 0 aromatic heterocycles. The molecule has 0 aromatic carbocycles. The number of hydrogen-bond donors (Lipinski definition) is 3. The molecule has 32 heavy (non-hydrogen) atoms. The third-order valence-electron chi connectivity index (χ3n) is 10.7. The Kier molecular flexibility index (Phi) is 8.49. The van der Waals surface area contributed by atoms with Gasteiger partial charge in [-0.15, -0.1) is 0 Å². The molecule has 4 saturated carbocycles. The minimum Gasteiger partial charge on any atom is -0.480 e. The molecule has 6 heteroatoms. The van der Waals surface area contributed by atoms with Crippen LogP contribution >= 0.6 is 0 Å². The molecule has 0 bridgehead atoms. The summed E-state index contributed by atoms with van der Waals surface area (Å²) >= 11 is 0. The molecule has 1 amide bonds. The predicted molar refractivity (Wildman–Crippen MR) is 126 cm³/mol. The van der Waals surface area contributed by atoms with E-state index in [0.29, 0.717) is 35.0 Å². The van der Waals surface area contributed by atoms with Crippen LogP contribution in [0.1, 0.15) is 91.4 Å². The van der Waals surface area contributed by atoms with Gasteiger partial charge in [0.1, 0.15) is 6.54 Å². The van der Waals surface area contributed by atoms with Crippen LogP contribution in [0.25, 0.3) is 0 Å². The Bertz CT molecular complexity index is 701. The molecule has 4 aliphatic carbocycles. The fraction of sp³-hybridized carbons (Fsp3) is 0.923. The van der Waals surface area contributed by atoms with Crippen molar-refractivity contribution < 1.29 is 19.8 Å². The second-order valence-electron chi connectivity index (χ2n) is 12.0. The van der Waals surface area contributed by atoms with E-state index in [9.17, 15) is 14.7 Å². The summed E-state index contributed by atoms with van der Waals surface area (Å²) in [5, 5.41) is 21.5. The summed E-state index contributed by atoms with van der Waals surface area (Å²) in [5.41, 5.74) is 0.810. The van der Waals surface area contributed by atoms with Crippen LogP contribution in [0.2, 0.25) is 0 Å². The van der Waals surface area contributed by atoms with Crippen molar-refractivity contribution in [3.05, 3.63) is 0 Å². The third-order valence-corrected chi connectivity index (χ3v) is 10.7. The first-order valence-electron chi connectivity index (χ1n) is 12.8. The van der Waals surface area contributed by atoms with Crippen LogP contribution in [0, 0.1) is 46.3 Å². The summed E-state index contributed by atoms with van der Waals surface area (Å²) in [4.78, 5) is 22.7. The maximum absolute atomic E-state index is 12.0. The summed E-state index contributed by atoms with van der Waals surface area (Å²) in [6.07, 6.45) is 12.3. The summed E-state index contributed by atoms with van der Waals surface area (Å²) in [6, 6.07) is 0. The number of hydrogen-bond acceptors (Lipinski definition) is 3. The third kappa shape index (κ3) is 4.83. The molecular weight excluding hydrogens is 413 g/mol. The zero-order valence-corrected chi connectivity index (χ0v) is 22.7. The molecule has 0 aliphatic heterocycles. The van der Waals surface area contributed by atoms with Crippen molar-refractivity contribution in [1.82, 2.24) is 5.32 Å². The van der Waals surface area contributed by atoms with E-state index < -0.39 is 5.97 Å². The van der Waals surface area contributed by atoms with Gasteiger partial charge in [0.05, 0.1) is 6.10 Å². The molecule has 0 spiro atoms. The minimum absolute atomic E-state index is 0. The van der Waals surface area contributed by atoms with Crippen molar-refractivity contribution in [3.63, 3.8) is 0 Å². The Morgan fingerprint density at radius 2 is 1.69 bits per heavy atom. The number of carbonyl (C=O) groups is 2. The predicted octanol–water partition coefficient (Wildman–Crippen LogP) is 4.24. The van der Waals surface area contributed by atoms with Crippen molar-refractivity contribution in [3.8, 4) is 0 Å². The van der Waals surface area contributed by atoms with Crippen LogP contribution in [0.15, 0.2) is 0 Å². The molecule has 5 nitrogen and oxygen atoms in total. The number of carbonyl (C=O) groups excluding carboxylic acids is 1. The first-order valence-corrected chi connectivity index (χ1v) is 12.8. The van der Waals surface area contributed by atoms with Crippen molar-refractivity contribution in [2.24, 2.45) is 46.3 Å². The maximum atomic E-state index is 12.0. The number of aliphatic hydroxyl groups is 1. The second-order valence-corrected chi connectivity index (χ2v) is 12.0. The number of carboxylic acids is 1. The zero-order valence-electron chi connectivity index (χ0n) is 20.7. The Balaban J connectivity index is 0.00000289. The fourth-order valence-electron chi connectivity index (χ4n) is 9.03. The Morgan fingerprint density at radius 1 is 1.00 bits per heavy atom. The summed E-state index contributed by atoms with van der Waals surface area (Å²) in [7, 11) is 0. The van der Waals surface area contributed by atoms with Gasteiger partial charge in [-0.1, -0.05) is 20.8 Å². The van der Waals surface area contributed by atoms with E-state index >= 15 is 0 Å².